The third-order valence-electron chi connectivity index (χ3n) is 2.52. The minimum atomic E-state index is -4.66. The van der Waals surface area contributed by atoms with Gasteiger partial charge in [0.05, 0.1) is 5.56 Å². The lowest BCUT2D eigenvalue weighted by Crippen LogP contribution is -2.19. The third-order valence-corrected chi connectivity index (χ3v) is 2.52. The van der Waals surface area contributed by atoms with Gasteiger partial charge in [0.15, 0.2) is 5.82 Å². The predicted octanol–water partition coefficient (Wildman–Crippen LogP) is 1.86. The van der Waals surface area contributed by atoms with Crippen molar-refractivity contribution in [2.75, 3.05) is 0 Å². The highest BCUT2D eigenvalue weighted by atomic mass is 19.4. The lowest BCUT2D eigenvalue weighted by Gasteiger charge is -2.12. The molecule has 0 fully saturated rings. The first-order valence-electron chi connectivity index (χ1n) is 5.30. The monoisotopic (exact) mass is 280 g/mol. The molecule has 2 aromatic rings. The van der Waals surface area contributed by atoms with Gasteiger partial charge in [-0.2, -0.15) is 18.4 Å². The van der Waals surface area contributed by atoms with Crippen molar-refractivity contribution < 1.29 is 18.0 Å². The summed E-state index contributed by atoms with van der Waals surface area (Å²) in [4.78, 5) is 14.7. The Morgan fingerprint density at radius 1 is 1.35 bits per heavy atom. The van der Waals surface area contributed by atoms with Crippen molar-refractivity contribution in [3.05, 3.63) is 47.4 Å². The summed E-state index contributed by atoms with van der Waals surface area (Å²) in [5, 5.41) is 8.89. The van der Waals surface area contributed by atoms with Crippen molar-refractivity contribution in [3.8, 4) is 11.9 Å². The molecule has 2 rings (SSSR count). The second-order valence-electron chi connectivity index (χ2n) is 3.80. The Kier molecular flexibility index (Phi) is 3.19. The van der Waals surface area contributed by atoms with Crippen LogP contribution in [0.3, 0.4) is 0 Å². The quantitative estimate of drug-likeness (QED) is 0.911. The van der Waals surface area contributed by atoms with Crippen LogP contribution in [0, 0.1) is 11.3 Å². The summed E-state index contributed by atoms with van der Waals surface area (Å²) in [6.07, 6.45) is -3.33. The van der Waals surface area contributed by atoms with Crippen LogP contribution in [-0.4, -0.2) is 15.5 Å². The van der Waals surface area contributed by atoms with E-state index in [1.54, 1.807) is 6.07 Å². The van der Waals surface area contributed by atoms with Gasteiger partial charge in [0.25, 0.3) is 5.91 Å². The van der Waals surface area contributed by atoms with Crippen molar-refractivity contribution >= 4 is 5.91 Å². The number of aromatic nitrogens is 2. The number of amides is 1. The van der Waals surface area contributed by atoms with Crippen LogP contribution >= 0.6 is 0 Å². The molecule has 0 aliphatic rings. The summed E-state index contributed by atoms with van der Waals surface area (Å²) < 4.78 is 39.1. The maximum Gasteiger partial charge on any atom is 0.433 e. The summed E-state index contributed by atoms with van der Waals surface area (Å²) in [6, 6.07) is 6.22. The fourth-order valence-corrected chi connectivity index (χ4v) is 1.64. The van der Waals surface area contributed by atoms with Crippen LogP contribution in [0.4, 0.5) is 13.2 Å². The molecule has 2 aromatic heterocycles. The van der Waals surface area contributed by atoms with Gasteiger partial charge in [-0.1, -0.05) is 0 Å². The molecule has 0 atom stereocenters. The van der Waals surface area contributed by atoms with E-state index in [0.29, 0.717) is 6.07 Å². The highest BCUT2D eigenvalue weighted by Crippen LogP contribution is 2.29. The summed E-state index contributed by atoms with van der Waals surface area (Å²) >= 11 is 0. The van der Waals surface area contributed by atoms with Crippen LogP contribution in [-0.2, 0) is 6.18 Å². The van der Waals surface area contributed by atoms with E-state index >= 15 is 0 Å². The molecular weight excluding hydrogens is 273 g/mol. The first-order valence-corrected chi connectivity index (χ1v) is 5.30. The Bertz CT molecular complexity index is 712. The maximum atomic E-state index is 12.7. The number of rotatable bonds is 2. The molecule has 0 aliphatic carbocycles. The number of carbonyl (C=O) groups excluding carboxylic acids is 1. The van der Waals surface area contributed by atoms with E-state index < -0.39 is 17.8 Å². The highest BCUT2D eigenvalue weighted by Gasteiger charge is 2.33. The SMILES string of the molecule is N#Cc1cccn1-c1nc(C(F)(F)F)ccc1C(N)=O. The van der Waals surface area contributed by atoms with E-state index in [2.05, 4.69) is 4.98 Å². The number of primary amides is 1. The van der Waals surface area contributed by atoms with Crippen LogP contribution in [0.25, 0.3) is 5.82 Å². The molecular formula is C12H7F3N4O. The molecule has 0 aromatic carbocycles. The molecule has 5 nitrogen and oxygen atoms in total. The van der Waals surface area contributed by atoms with Gasteiger partial charge >= 0.3 is 6.18 Å². The number of pyridine rings is 1. The fraction of sp³-hybridized carbons (Fsp3) is 0.0833. The Morgan fingerprint density at radius 2 is 2.05 bits per heavy atom. The molecule has 2 heterocycles. The molecule has 2 N–H and O–H groups in total. The molecule has 0 spiro atoms. The number of nitrogens with zero attached hydrogens (tertiary/aromatic N) is 3. The van der Waals surface area contributed by atoms with Crippen LogP contribution < -0.4 is 5.73 Å². The van der Waals surface area contributed by atoms with Crippen LogP contribution in [0.1, 0.15) is 21.7 Å². The predicted molar refractivity (Wildman–Crippen MR) is 61.8 cm³/mol. The minimum Gasteiger partial charge on any atom is -0.365 e. The van der Waals surface area contributed by atoms with Crippen LogP contribution in [0.15, 0.2) is 30.5 Å². The van der Waals surface area contributed by atoms with Gasteiger partial charge in [0.1, 0.15) is 17.5 Å². The molecule has 102 valence electrons. The summed E-state index contributed by atoms with van der Waals surface area (Å²) in [6.45, 7) is 0. The summed E-state index contributed by atoms with van der Waals surface area (Å²) in [5.74, 6) is -1.26. The normalized spacial score (nSPS) is 11.1. The number of hydrogen-bond acceptors (Lipinski definition) is 3. The second-order valence-corrected chi connectivity index (χ2v) is 3.80. The van der Waals surface area contributed by atoms with E-state index in [1.165, 1.54) is 18.3 Å². The lowest BCUT2D eigenvalue weighted by atomic mass is 10.2. The first kappa shape index (κ1) is 13.6. The maximum absolute atomic E-state index is 12.7. The average molecular weight is 280 g/mol. The van der Waals surface area contributed by atoms with E-state index in [4.69, 9.17) is 11.0 Å². The molecule has 0 bridgehead atoms. The van der Waals surface area contributed by atoms with Gasteiger partial charge in [-0.3, -0.25) is 9.36 Å². The first-order chi connectivity index (χ1) is 9.34. The van der Waals surface area contributed by atoms with E-state index in [9.17, 15) is 18.0 Å². The number of hydrogen-bond donors (Lipinski definition) is 1. The van der Waals surface area contributed by atoms with Crippen molar-refractivity contribution in [1.82, 2.24) is 9.55 Å². The van der Waals surface area contributed by atoms with E-state index in [0.717, 1.165) is 10.6 Å². The Labute approximate surface area is 111 Å². The summed E-state index contributed by atoms with van der Waals surface area (Å²) in [5.41, 5.74) is 3.78. The zero-order chi connectivity index (χ0) is 14.9. The van der Waals surface area contributed by atoms with Gasteiger partial charge in [-0.25, -0.2) is 4.98 Å². The fourth-order valence-electron chi connectivity index (χ4n) is 1.64. The Hall–Kier alpha value is -2.82. The molecule has 20 heavy (non-hydrogen) atoms. The minimum absolute atomic E-state index is 0.0410. The van der Waals surface area contributed by atoms with Crippen LogP contribution in [0.5, 0.6) is 0 Å². The molecule has 1 amide bonds. The van der Waals surface area contributed by atoms with Gasteiger partial charge in [0, 0.05) is 6.20 Å². The Balaban J connectivity index is 2.72. The van der Waals surface area contributed by atoms with E-state index in [1.807, 2.05) is 0 Å². The smallest absolute Gasteiger partial charge is 0.365 e. The highest BCUT2D eigenvalue weighted by molar-refractivity contribution is 5.96. The van der Waals surface area contributed by atoms with E-state index in [-0.39, 0.29) is 17.1 Å². The molecule has 0 radical (unpaired) electrons. The second kappa shape index (κ2) is 4.70. The van der Waals surface area contributed by atoms with Crippen molar-refractivity contribution in [2.45, 2.75) is 6.18 Å². The van der Waals surface area contributed by atoms with Crippen molar-refractivity contribution in [3.63, 3.8) is 0 Å². The molecule has 8 heteroatoms. The topological polar surface area (TPSA) is 84.7 Å². The number of halogens is 3. The standard InChI is InChI=1S/C12H7F3N4O/c13-12(14,15)9-4-3-8(10(17)20)11(18-9)19-5-1-2-7(19)6-16/h1-5H,(H2,17,20). The van der Waals surface area contributed by atoms with Gasteiger partial charge < -0.3 is 5.73 Å². The zero-order valence-electron chi connectivity index (χ0n) is 9.85. The zero-order valence-corrected chi connectivity index (χ0v) is 9.85. The molecule has 0 saturated heterocycles. The summed E-state index contributed by atoms with van der Waals surface area (Å²) in [7, 11) is 0. The van der Waals surface area contributed by atoms with Crippen molar-refractivity contribution in [2.24, 2.45) is 5.73 Å². The van der Waals surface area contributed by atoms with Gasteiger partial charge in [-0.05, 0) is 24.3 Å². The molecule has 0 unspecified atom stereocenters. The van der Waals surface area contributed by atoms with Crippen molar-refractivity contribution in [1.29, 1.82) is 5.26 Å². The third kappa shape index (κ3) is 2.33. The largest absolute Gasteiger partial charge is 0.433 e. The number of nitrogens with two attached hydrogens (primary N) is 1. The van der Waals surface area contributed by atoms with Gasteiger partial charge in [0.2, 0.25) is 0 Å². The molecule has 0 saturated carbocycles. The Morgan fingerprint density at radius 3 is 2.60 bits per heavy atom. The van der Waals surface area contributed by atoms with Gasteiger partial charge in [-0.15, -0.1) is 0 Å². The number of carbonyl (C=O) groups is 1. The van der Waals surface area contributed by atoms with Crippen LogP contribution in [0.2, 0.25) is 0 Å². The number of alkyl halides is 3. The average Bonchev–Trinajstić information content (AvgIpc) is 2.84. The number of nitriles is 1. The molecule has 0 aliphatic heterocycles. The lowest BCUT2D eigenvalue weighted by molar-refractivity contribution is -0.141.